The molecule has 1 aromatic rings. The lowest BCUT2D eigenvalue weighted by atomic mass is 9.96. The Morgan fingerprint density at radius 3 is 2.71 bits per heavy atom. The fourth-order valence-corrected chi connectivity index (χ4v) is 3.91. The lowest BCUT2D eigenvalue weighted by molar-refractivity contribution is -0.144. The predicted molar refractivity (Wildman–Crippen MR) is 88.1 cm³/mol. The van der Waals surface area contributed by atoms with Gasteiger partial charge in [-0.2, -0.15) is 0 Å². The van der Waals surface area contributed by atoms with E-state index in [4.69, 9.17) is 0 Å². The Balaban J connectivity index is 2.03. The van der Waals surface area contributed by atoms with Gasteiger partial charge in [0.2, 0.25) is 0 Å². The SMILES string of the molecule is Cc1ccc(C)c(SC(C)CC(C)(NC2CC2)C(=O)O)c1. The minimum absolute atomic E-state index is 0.248. The quantitative estimate of drug-likeness (QED) is 0.753. The fraction of sp³-hybridized carbons (Fsp3) is 0.588. The van der Waals surface area contributed by atoms with Crippen molar-refractivity contribution >= 4 is 17.7 Å². The van der Waals surface area contributed by atoms with Gasteiger partial charge in [0.25, 0.3) is 0 Å². The molecule has 0 bridgehead atoms. The van der Waals surface area contributed by atoms with Crippen LogP contribution in [0.25, 0.3) is 0 Å². The highest BCUT2D eigenvalue weighted by atomic mass is 32.2. The van der Waals surface area contributed by atoms with Gasteiger partial charge in [0, 0.05) is 16.2 Å². The second-order valence-electron chi connectivity index (χ2n) is 6.46. The van der Waals surface area contributed by atoms with Gasteiger partial charge in [0.05, 0.1) is 0 Å². The molecule has 1 saturated carbocycles. The van der Waals surface area contributed by atoms with Crippen LogP contribution >= 0.6 is 11.8 Å². The average Bonchev–Trinajstić information content (AvgIpc) is 3.17. The third-order valence-electron chi connectivity index (χ3n) is 3.94. The number of carbonyl (C=O) groups is 1. The summed E-state index contributed by atoms with van der Waals surface area (Å²) in [7, 11) is 0. The molecule has 0 heterocycles. The van der Waals surface area contributed by atoms with Crippen LogP contribution in [0.5, 0.6) is 0 Å². The summed E-state index contributed by atoms with van der Waals surface area (Å²) in [6, 6.07) is 6.82. The summed E-state index contributed by atoms with van der Waals surface area (Å²) in [5.41, 5.74) is 1.67. The third-order valence-corrected chi connectivity index (χ3v) is 5.20. The highest BCUT2D eigenvalue weighted by Crippen LogP contribution is 2.33. The first-order valence-corrected chi connectivity index (χ1v) is 8.43. The lowest BCUT2D eigenvalue weighted by Gasteiger charge is -2.29. The highest BCUT2D eigenvalue weighted by molar-refractivity contribution is 8.00. The lowest BCUT2D eigenvalue weighted by Crippen LogP contribution is -2.51. The van der Waals surface area contributed by atoms with Crippen molar-refractivity contribution in [2.75, 3.05) is 0 Å². The summed E-state index contributed by atoms with van der Waals surface area (Å²) in [5, 5.41) is 13.1. The van der Waals surface area contributed by atoms with Crippen LogP contribution in [-0.4, -0.2) is 27.9 Å². The largest absolute Gasteiger partial charge is 0.480 e. The molecule has 2 atom stereocenters. The molecule has 2 rings (SSSR count). The number of benzene rings is 1. The van der Waals surface area contributed by atoms with Crippen LogP contribution in [0.2, 0.25) is 0 Å². The van der Waals surface area contributed by atoms with Gasteiger partial charge in [-0.25, -0.2) is 0 Å². The number of aliphatic carboxylic acids is 1. The van der Waals surface area contributed by atoms with Crippen molar-refractivity contribution in [3.63, 3.8) is 0 Å². The molecule has 2 unspecified atom stereocenters. The molecule has 2 N–H and O–H groups in total. The standard InChI is InChI=1S/C17H25NO2S/c1-11-5-6-12(2)15(9-11)21-13(3)10-17(4,16(19)20)18-14-7-8-14/h5-6,9,13-14,18H,7-8,10H2,1-4H3,(H,19,20). The van der Waals surface area contributed by atoms with Gasteiger partial charge < -0.3 is 5.11 Å². The second kappa shape index (κ2) is 6.41. The van der Waals surface area contributed by atoms with E-state index in [1.54, 1.807) is 11.8 Å². The summed E-state index contributed by atoms with van der Waals surface area (Å²) in [5.74, 6) is -0.747. The molecule has 0 radical (unpaired) electrons. The Hall–Kier alpha value is -1.00. The normalized spacial score (nSPS) is 19.0. The zero-order valence-electron chi connectivity index (χ0n) is 13.3. The molecule has 0 spiro atoms. The van der Waals surface area contributed by atoms with E-state index in [0.717, 1.165) is 12.8 Å². The summed E-state index contributed by atoms with van der Waals surface area (Å²) in [4.78, 5) is 12.9. The van der Waals surface area contributed by atoms with Gasteiger partial charge in [-0.1, -0.05) is 24.6 Å². The molecule has 4 heteroatoms. The maximum Gasteiger partial charge on any atom is 0.323 e. The Morgan fingerprint density at radius 2 is 2.14 bits per heavy atom. The topological polar surface area (TPSA) is 49.3 Å². The Bertz CT molecular complexity index is 528. The maximum absolute atomic E-state index is 11.6. The van der Waals surface area contributed by atoms with E-state index in [2.05, 4.69) is 44.3 Å². The summed E-state index contributed by atoms with van der Waals surface area (Å²) in [6.07, 6.45) is 2.82. The molecule has 3 nitrogen and oxygen atoms in total. The number of carboxylic acids is 1. The number of hydrogen-bond acceptors (Lipinski definition) is 3. The van der Waals surface area contributed by atoms with Crippen molar-refractivity contribution < 1.29 is 9.90 Å². The zero-order valence-corrected chi connectivity index (χ0v) is 14.1. The van der Waals surface area contributed by atoms with Crippen molar-refractivity contribution in [3.8, 4) is 0 Å². The van der Waals surface area contributed by atoms with Crippen molar-refractivity contribution in [3.05, 3.63) is 29.3 Å². The molecule has 0 aliphatic heterocycles. The minimum atomic E-state index is -0.828. The van der Waals surface area contributed by atoms with Gasteiger partial charge in [-0.3, -0.25) is 10.1 Å². The molecular formula is C17H25NO2S. The van der Waals surface area contributed by atoms with E-state index in [9.17, 15) is 9.90 Å². The fourth-order valence-electron chi connectivity index (χ4n) is 2.55. The molecule has 116 valence electrons. The van der Waals surface area contributed by atoms with Crippen LogP contribution in [0.3, 0.4) is 0 Å². The predicted octanol–water partition coefficient (Wildman–Crippen LogP) is 3.77. The number of thioether (sulfide) groups is 1. The van der Waals surface area contributed by atoms with Gasteiger partial charge in [0.1, 0.15) is 5.54 Å². The van der Waals surface area contributed by atoms with Crippen LogP contribution in [0.1, 0.15) is 44.2 Å². The molecule has 0 amide bonds. The molecule has 21 heavy (non-hydrogen) atoms. The molecular weight excluding hydrogens is 282 g/mol. The third kappa shape index (κ3) is 4.48. The first kappa shape index (κ1) is 16.4. The minimum Gasteiger partial charge on any atom is -0.480 e. The molecule has 1 aliphatic carbocycles. The maximum atomic E-state index is 11.6. The number of hydrogen-bond donors (Lipinski definition) is 2. The van der Waals surface area contributed by atoms with Crippen molar-refractivity contribution in [1.29, 1.82) is 0 Å². The second-order valence-corrected chi connectivity index (χ2v) is 7.94. The van der Waals surface area contributed by atoms with Gasteiger partial charge in [0.15, 0.2) is 0 Å². The van der Waals surface area contributed by atoms with Crippen molar-refractivity contribution in [1.82, 2.24) is 5.32 Å². The molecule has 0 aromatic heterocycles. The zero-order chi connectivity index (χ0) is 15.6. The Morgan fingerprint density at radius 1 is 1.48 bits per heavy atom. The van der Waals surface area contributed by atoms with E-state index in [-0.39, 0.29) is 5.25 Å². The number of rotatable bonds is 7. The van der Waals surface area contributed by atoms with Gasteiger partial charge in [-0.05, 0) is 51.7 Å². The Labute approximate surface area is 131 Å². The van der Waals surface area contributed by atoms with Crippen LogP contribution in [0.15, 0.2) is 23.1 Å². The highest BCUT2D eigenvalue weighted by Gasteiger charge is 2.39. The van der Waals surface area contributed by atoms with Crippen LogP contribution in [0.4, 0.5) is 0 Å². The van der Waals surface area contributed by atoms with E-state index < -0.39 is 11.5 Å². The number of carboxylic acid groups (broad SMARTS) is 1. The smallest absolute Gasteiger partial charge is 0.323 e. The molecule has 1 fully saturated rings. The Kier molecular flexibility index (Phi) is 4.99. The summed E-state index contributed by atoms with van der Waals surface area (Å²) < 4.78 is 0. The monoisotopic (exact) mass is 307 g/mol. The van der Waals surface area contributed by atoms with E-state index in [1.165, 1.54) is 16.0 Å². The average molecular weight is 307 g/mol. The summed E-state index contributed by atoms with van der Waals surface area (Å²) >= 11 is 1.77. The van der Waals surface area contributed by atoms with Gasteiger partial charge in [-0.15, -0.1) is 11.8 Å². The number of aryl methyl sites for hydroxylation is 2. The summed E-state index contributed by atoms with van der Waals surface area (Å²) in [6.45, 7) is 8.12. The van der Waals surface area contributed by atoms with Crippen LogP contribution in [0, 0.1) is 13.8 Å². The van der Waals surface area contributed by atoms with Crippen LogP contribution in [-0.2, 0) is 4.79 Å². The van der Waals surface area contributed by atoms with Crippen LogP contribution < -0.4 is 5.32 Å². The van der Waals surface area contributed by atoms with E-state index in [1.807, 2.05) is 6.92 Å². The van der Waals surface area contributed by atoms with Crippen molar-refractivity contribution in [2.45, 2.75) is 68.7 Å². The van der Waals surface area contributed by atoms with Gasteiger partial charge >= 0.3 is 5.97 Å². The molecule has 0 saturated heterocycles. The van der Waals surface area contributed by atoms with E-state index in [0.29, 0.717) is 12.5 Å². The molecule has 1 aliphatic rings. The molecule has 1 aromatic carbocycles. The first-order chi connectivity index (χ1) is 9.80. The number of nitrogens with one attached hydrogen (secondary N) is 1. The van der Waals surface area contributed by atoms with Crippen molar-refractivity contribution in [2.24, 2.45) is 0 Å². The van der Waals surface area contributed by atoms with E-state index >= 15 is 0 Å². The first-order valence-electron chi connectivity index (χ1n) is 7.55.